The number of aliphatic hydroxyl groups is 1. The molecule has 0 fully saturated rings. The molecule has 11 nitrogen and oxygen atoms in total. The van der Waals surface area contributed by atoms with Crippen LogP contribution in [0.2, 0.25) is 0 Å². The van der Waals surface area contributed by atoms with Crippen LogP contribution in [0.5, 0.6) is 5.75 Å². The Bertz CT molecular complexity index is 1660. The van der Waals surface area contributed by atoms with Crippen molar-refractivity contribution < 1.29 is 46.5 Å². The molecular formula is C37H45F4N5O6. The molecule has 0 radical (unpaired) electrons. The van der Waals surface area contributed by atoms with Gasteiger partial charge in [0, 0.05) is 49.7 Å². The van der Waals surface area contributed by atoms with Gasteiger partial charge in [0.25, 0.3) is 5.91 Å². The second kappa shape index (κ2) is 18.0. The van der Waals surface area contributed by atoms with Gasteiger partial charge in [0.1, 0.15) is 11.6 Å². The smallest absolute Gasteiger partial charge is 0.416 e. The number of nitrogens with zero attached hydrogens (tertiary/aromatic N) is 2. The molecule has 1 aliphatic heterocycles. The largest absolute Gasteiger partial charge is 0.490 e. The highest BCUT2D eigenvalue weighted by Gasteiger charge is 2.32. The van der Waals surface area contributed by atoms with Gasteiger partial charge in [0.05, 0.1) is 36.0 Å². The van der Waals surface area contributed by atoms with Crippen LogP contribution in [0.3, 0.4) is 0 Å². The molecular weight excluding hydrogens is 686 g/mol. The third-order valence-electron chi connectivity index (χ3n) is 8.68. The molecule has 0 saturated heterocycles. The number of fused-ring (bicyclic) bond motifs is 1. The minimum absolute atomic E-state index is 0.122. The first-order valence-electron chi connectivity index (χ1n) is 17.0. The van der Waals surface area contributed by atoms with E-state index in [4.69, 9.17) is 9.47 Å². The van der Waals surface area contributed by atoms with Crippen LogP contribution < -0.4 is 20.7 Å². The number of likely N-dealkylation sites (N-methyl/N-ethyl adjacent to an activating group) is 1. The summed E-state index contributed by atoms with van der Waals surface area (Å²) in [6, 6.07) is 12.1. The Morgan fingerprint density at radius 2 is 1.58 bits per heavy atom. The molecule has 5 amide bonds. The van der Waals surface area contributed by atoms with E-state index in [0.29, 0.717) is 25.1 Å². The lowest BCUT2D eigenvalue weighted by atomic mass is 10.0. The molecule has 52 heavy (non-hydrogen) atoms. The van der Waals surface area contributed by atoms with Gasteiger partial charge in [0.15, 0.2) is 0 Å². The number of nitrogens with one attached hydrogen (secondary N) is 3. The lowest BCUT2D eigenvalue weighted by Gasteiger charge is -2.35. The number of urea groups is 2. The number of rotatable bonds is 7. The minimum atomic E-state index is -4.52. The Labute approximate surface area is 300 Å². The molecule has 0 aliphatic carbocycles. The number of carbonyl (C=O) groups is 3. The lowest BCUT2D eigenvalue weighted by Crippen LogP contribution is -2.48. The van der Waals surface area contributed by atoms with E-state index in [9.17, 15) is 37.1 Å². The van der Waals surface area contributed by atoms with Crippen molar-refractivity contribution in [3.8, 4) is 5.75 Å². The predicted octanol–water partition coefficient (Wildman–Crippen LogP) is 7.45. The van der Waals surface area contributed by atoms with E-state index < -0.39 is 47.7 Å². The number of carbonyl (C=O) groups excluding carboxylic acids is 3. The first-order valence-corrected chi connectivity index (χ1v) is 17.0. The third-order valence-corrected chi connectivity index (χ3v) is 8.68. The Balaban J connectivity index is 1.56. The fourth-order valence-corrected chi connectivity index (χ4v) is 5.60. The van der Waals surface area contributed by atoms with Gasteiger partial charge in [-0.15, -0.1) is 0 Å². The monoisotopic (exact) mass is 731 g/mol. The topological polar surface area (TPSA) is 132 Å². The van der Waals surface area contributed by atoms with Crippen LogP contribution in [0.4, 0.5) is 44.2 Å². The van der Waals surface area contributed by atoms with Crippen molar-refractivity contribution in [2.75, 3.05) is 49.3 Å². The Morgan fingerprint density at radius 3 is 2.23 bits per heavy atom. The summed E-state index contributed by atoms with van der Waals surface area (Å²) in [7, 11) is 1.61. The molecule has 0 saturated carbocycles. The SMILES string of the molecule is C[C@H]1CCCCO[C@@H](CN(C)C(=O)Nc2ccc(F)cc2)[C@@H](C)CN([C@@H](C)CO)C(=O)c2cc(NC(=O)Nc3ccc(C(F)(F)F)cc3)ccc2O1. The summed E-state index contributed by atoms with van der Waals surface area (Å²) in [5, 5.41) is 18.0. The predicted molar refractivity (Wildman–Crippen MR) is 189 cm³/mol. The summed E-state index contributed by atoms with van der Waals surface area (Å²) in [6.45, 7) is 5.78. The number of hydrogen-bond acceptors (Lipinski definition) is 6. The van der Waals surface area contributed by atoms with E-state index in [1.807, 2.05) is 13.8 Å². The number of anilines is 3. The van der Waals surface area contributed by atoms with Gasteiger partial charge in [0.2, 0.25) is 0 Å². The normalized spacial score (nSPS) is 19.4. The van der Waals surface area contributed by atoms with E-state index >= 15 is 0 Å². The molecule has 3 aromatic carbocycles. The van der Waals surface area contributed by atoms with E-state index in [-0.39, 0.29) is 54.4 Å². The summed E-state index contributed by atoms with van der Waals surface area (Å²) in [5.74, 6) is -0.972. The van der Waals surface area contributed by atoms with Gasteiger partial charge in [-0.3, -0.25) is 4.79 Å². The first-order chi connectivity index (χ1) is 24.6. The number of amides is 5. The van der Waals surface area contributed by atoms with Crippen LogP contribution in [0.25, 0.3) is 0 Å². The lowest BCUT2D eigenvalue weighted by molar-refractivity contribution is -0.137. The van der Waals surface area contributed by atoms with E-state index in [2.05, 4.69) is 16.0 Å². The van der Waals surface area contributed by atoms with Crippen molar-refractivity contribution in [2.24, 2.45) is 5.92 Å². The van der Waals surface area contributed by atoms with Crippen LogP contribution in [0.1, 0.15) is 56.0 Å². The van der Waals surface area contributed by atoms with Crippen LogP contribution in [-0.4, -0.2) is 84.5 Å². The summed E-state index contributed by atoms with van der Waals surface area (Å²) in [5.41, 5.74) is 0.0354. The van der Waals surface area contributed by atoms with Crippen LogP contribution >= 0.6 is 0 Å². The number of hydrogen-bond donors (Lipinski definition) is 4. The fraction of sp³-hybridized carbons (Fsp3) is 0.432. The molecule has 0 bridgehead atoms. The molecule has 15 heteroatoms. The Hall–Kier alpha value is -4.89. The van der Waals surface area contributed by atoms with Crippen molar-refractivity contribution in [2.45, 2.75) is 64.5 Å². The van der Waals surface area contributed by atoms with Crippen molar-refractivity contribution in [1.29, 1.82) is 0 Å². The number of halogens is 4. The molecule has 4 rings (SSSR count). The zero-order chi connectivity index (χ0) is 38.0. The highest BCUT2D eigenvalue weighted by atomic mass is 19.4. The molecule has 4 atom stereocenters. The fourth-order valence-electron chi connectivity index (χ4n) is 5.60. The zero-order valence-corrected chi connectivity index (χ0v) is 29.5. The molecule has 1 heterocycles. The van der Waals surface area contributed by atoms with Gasteiger partial charge < -0.3 is 40.3 Å². The first kappa shape index (κ1) is 39.9. The summed E-state index contributed by atoms with van der Waals surface area (Å²) >= 11 is 0. The molecule has 282 valence electrons. The van der Waals surface area contributed by atoms with Gasteiger partial charge in [-0.25, -0.2) is 14.0 Å². The molecule has 4 N–H and O–H groups in total. The van der Waals surface area contributed by atoms with Crippen molar-refractivity contribution in [3.05, 3.63) is 83.7 Å². The van der Waals surface area contributed by atoms with Crippen molar-refractivity contribution >= 4 is 35.0 Å². The second-order valence-corrected chi connectivity index (χ2v) is 13.0. The van der Waals surface area contributed by atoms with Crippen LogP contribution in [0.15, 0.2) is 66.7 Å². The molecule has 0 spiro atoms. The minimum Gasteiger partial charge on any atom is -0.490 e. The number of ether oxygens (including phenoxy) is 2. The van der Waals surface area contributed by atoms with Crippen molar-refractivity contribution in [3.63, 3.8) is 0 Å². The standard InChI is InChI=1S/C37H45F4N5O6/c1-23-20-46(24(2)22-47)34(48)31-19-30(43-35(49)42-28-12-8-26(9-13-28)37(39,40)41)16-17-32(31)52-25(3)7-5-6-18-51-33(23)21-45(4)36(50)44-29-14-10-27(38)11-15-29/h8-17,19,23-25,33,47H,5-7,18,20-22H2,1-4H3,(H,44,50)(H2,42,43,49)/t23-,24-,25-,33-/m0/s1. The third kappa shape index (κ3) is 11.3. The summed E-state index contributed by atoms with van der Waals surface area (Å²) < 4.78 is 64.7. The Kier molecular flexibility index (Phi) is 13.8. The number of alkyl halides is 3. The maximum atomic E-state index is 14.3. The van der Waals surface area contributed by atoms with Crippen LogP contribution in [-0.2, 0) is 10.9 Å². The van der Waals surface area contributed by atoms with Gasteiger partial charge in [-0.1, -0.05) is 6.92 Å². The Morgan fingerprint density at radius 1 is 0.962 bits per heavy atom. The second-order valence-electron chi connectivity index (χ2n) is 13.0. The molecule has 1 aliphatic rings. The zero-order valence-electron chi connectivity index (χ0n) is 29.5. The average Bonchev–Trinajstić information content (AvgIpc) is 3.10. The molecule has 0 unspecified atom stereocenters. The maximum Gasteiger partial charge on any atom is 0.416 e. The van der Waals surface area contributed by atoms with E-state index in [1.165, 1.54) is 40.1 Å². The number of benzene rings is 3. The van der Waals surface area contributed by atoms with E-state index in [0.717, 1.165) is 30.7 Å². The van der Waals surface area contributed by atoms with Gasteiger partial charge in [-0.2, -0.15) is 13.2 Å². The summed E-state index contributed by atoms with van der Waals surface area (Å²) in [6.07, 6.45) is -3.22. The van der Waals surface area contributed by atoms with Gasteiger partial charge >= 0.3 is 18.2 Å². The summed E-state index contributed by atoms with van der Waals surface area (Å²) in [4.78, 5) is 43.1. The van der Waals surface area contributed by atoms with Crippen LogP contribution in [0, 0.1) is 11.7 Å². The van der Waals surface area contributed by atoms with E-state index in [1.54, 1.807) is 26.1 Å². The average molecular weight is 732 g/mol. The molecule has 3 aromatic rings. The molecule has 0 aromatic heterocycles. The quantitative estimate of drug-likeness (QED) is 0.187. The maximum absolute atomic E-state index is 14.3. The highest BCUT2D eigenvalue weighted by molar-refractivity contribution is 6.02. The van der Waals surface area contributed by atoms with Gasteiger partial charge in [-0.05, 0) is 99.8 Å². The number of aliphatic hydroxyl groups excluding tert-OH is 1. The highest BCUT2D eigenvalue weighted by Crippen LogP contribution is 2.31. The van der Waals surface area contributed by atoms with Crippen molar-refractivity contribution in [1.82, 2.24) is 9.80 Å².